The van der Waals surface area contributed by atoms with E-state index < -0.39 is 5.91 Å². The van der Waals surface area contributed by atoms with Crippen LogP contribution in [-0.4, -0.2) is 5.91 Å². The molecule has 1 amide bonds. The summed E-state index contributed by atoms with van der Waals surface area (Å²) >= 11 is 9.35. The molecule has 5 heteroatoms. The number of ether oxygens (including phenoxy) is 1. The molecule has 0 aromatic heterocycles. The molecule has 0 bridgehead atoms. The number of benzene rings is 2. The number of rotatable bonds is 3. The highest BCUT2D eigenvalue weighted by Gasteiger charge is 2.15. The molecular weight excluding hydrogens is 330 g/mol. The largest absolute Gasteiger partial charge is 0.456 e. The highest BCUT2D eigenvalue weighted by Crippen LogP contribution is 2.32. The molecule has 0 saturated carbocycles. The normalized spacial score (nSPS) is 10.3. The second kappa shape index (κ2) is 5.63. The number of hydrogen-bond donors (Lipinski definition) is 1. The topological polar surface area (TPSA) is 52.3 Å². The van der Waals surface area contributed by atoms with Crippen molar-refractivity contribution in [1.29, 1.82) is 0 Å². The van der Waals surface area contributed by atoms with Crippen LogP contribution in [0.5, 0.6) is 11.5 Å². The maximum Gasteiger partial charge on any atom is 0.254 e. The Bertz CT molecular complexity index is 643. The van der Waals surface area contributed by atoms with Gasteiger partial charge in [-0.3, -0.25) is 4.79 Å². The summed E-state index contributed by atoms with van der Waals surface area (Å²) < 4.78 is 6.69. The van der Waals surface area contributed by atoms with Gasteiger partial charge in [0.1, 0.15) is 17.1 Å². The van der Waals surface area contributed by atoms with Crippen molar-refractivity contribution in [2.24, 2.45) is 5.73 Å². The number of nitrogens with two attached hydrogens (primary N) is 1. The Balaban J connectivity index is 2.44. The summed E-state index contributed by atoms with van der Waals surface area (Å²) in [4.78, 5) is 11.4. The van der Waals surface area contributed by atoms with Crippen LogP contribution in [0.2, 0.25) is 5.02 Å². The molecule has 0 radical (unpaired) electrons. The molecule has 0 aliphatic rings. The van der Waals surface area contributed by atoms with Crippen molar-refractivity contribution < 1.29 is 9.53 Å². The highest BCUT2D eigenvalue weighted by atomic mass is 79.9. The zero-order chi connectivity index (χ0) is 14.0. The van der Waals surface area contributed by atoms with Crippen molar-refractivity contribution in [3.63, 3.8) is 0 Å². The molecular formula is C14H11BrClNO2. The third-order valence-electron chi connectivity index (χ3n) is 2.58. The molecule has 19 heavy (non-hydrogen) atoms. The van der Waals surface area contributed by atoms with Crippen molar-refractivity contribution in [2.75, 3.05) is 0 Å². The Labute approximate surface area is 124 Å². The quantitative estimate of drug-likeness (QED) is 0.905. The second-order valence-electron chi connectivity index (χ2n) is 3.99. The number of halogens is 2. The predicted octanol–water partition coefficient (Wildman–Crippen LogP) is 4.30. The molecule has 3 nitrogen and oxygen atoms in total. The molecule has 0 aliphatic carbocycles. The fraction of sp³-hybridized carbons (Fsp3) is 0.0714. The van der Waals surface area contributed by atoms with Crippen LogP contribution in [0.15, 0.2) is 40.9 Å². The van der Waals surface area contributed by atoms with E-state index in [1.807, 2.05) is 25.1 Å². The zero-order valence-electron chi connectivity index (χ0n) is 10.1. The Morgan fingerprint density at radius 3 is 2.63 bits per heavy atom. The smallest absolute Gasteiger partial charge is 0.254 e. The number of aryl methyl sites for hydroxylation is 1. The summed E-state index contributed by atoms with van der Waals surface area (Å²) in [7, 11) is 0. The Hall–Kier alpha value is -1.52. The first-order valence-corrected chi connectivity index (χ1v) is 6.68. The van der Waals surface area contributed by atoms with Crippen molar-refractivity contribution >= 4 is 33.4 Å². The molecule has 0 unspecified atom stereocenters. The summed E-state index contributed by atoms with van der Waals surface area (Å²) in [6.07, 6.45) is 0. The van der Waals surface area contributed by atoms with Crippen molar-refractivity contribution in [1.82, 2.24) is 0 Å². The second-order valence-corrected chi connectivity index (χ2v) is 5.31. The molecule has 2 aromatic rings. The maximum atomic E-state index is 11.4. The van der Waals surface area contributed by atoms with Gasteiger partial charge in [-0.1, -0.05) is 33.6 Å². The lowest BCUT2D eigenvalue weighted by atomic mass is 10.2. The van der Waals surface area contributed by atoms with Gasteiger partial charge in [-0.25, -0.2) is 0 Å². The van der Waals surface area contributed by atoms with E-state index in [-0.39, 0.29) is 10.6 Å². The van der Waals surface area contributed by atoms with Gasteiger partial charge in [0, 0.05) is 4.47 Å². The van der Waals surface area contributed by atoms with Gasteiger partial charge in [0.15, 0.2) is 0 Å². The first kappa shape index (κ1) is 13.9. The zero-order valence-corrected chi connectivity index (χ0v) is 12.5. The van der Waals surface area contributed by atoms with Crippen LogP contribution in [0, 0.1) is 6.92 Å². The predicted molar refractivity (Wildman–Crippen MR) is 78.9 cm³/mol. The minimum Gasteiger partial charge on any atom is -0.456 e. The van der Waals surface area contributed by atoms with E-state index in [0.29, 0.717) is 11.5 Å². The minimum absolute atomic E-state index is 0.187. The number of hydrogen-bond acceptors (Lipinski definition) is 2. The van der Waals surface area contributed by atoms with E-state index in [1.54, 1.807) is 18.2 Å². The lowest BCUT2D eigenvalue weighted by molar-refractivity contribution is 0.0998. The van der Waals surface area contributed by atoms with E-state index in [0.717, 1.165) is 10.0 Å². The summed E-state index contributed by atoms with van der Waals surface area (Å²) in [5.41, 5.74) is 6.44. The van der Waals surface area contributed by atoms with E-state index in [4.69, 9.17) is 22.1 Å². The molecule has 2 rings (SSSR count). The van der Waals surface area contributed by atoms with E-state index in [2.05, 4.69) is 15.9 Å². The third kappa shape index (κ3) is 3.08. The van der Waals surface area contributed by atoms with Gasteiger partial charge in [0.2, 0.25) is 0 Å². The highest BCUT2D eigenvalue weighted by molar-refractivity contribution is 9.10. The molecule has 0 atom stereocenters. The number of primary amides is 1. The standard InChI is InChI=1S/C14H11BrClNO2/c1-8-7-9(15)5-6-11(8)19-12-4-2-3-10(16)13(12)14(17)18/h2-7H,1H3,(H2,17,18). The van der Waals surface area contributed by atoms with Gasteiger partial charge >= 0.3 is 0 Å². The minimum atomic E-state index is -0.615. The number of amides is 1. The first-order valence-electron chi connectivity index (χ1n) is 5.51. The Kier molecular flexibility index (Phi) is 4.12. The average Bonchev–Trinajstić information content (AvgIpc) is 2.32. The SMILES string of the molecule is Cc1cc(Br)ccc1Oc1cccc(Cl)c1C(N)=O. The van der Waals surface area contributed by atoms with E-state index in [1.165, 1.54) is 0 Å². The van der Waals surface area contributed by atoms with E-state index >= 15 is 0 Å². The lowest BCUT2D eigenvalue weighted by Crippen LogP contribution is -2.13. The van der Waals surface area contributed by atoms with Crippen molar-refractivity contribution in [2.45, 2.75) is 6.92 Å². The lowest BCUT2D eigenvalue weighted by Gasteiger charge is -2.12. The van der Waals surface area contributed by atoms with Gasteiger partial charge in [0.05, 0.1) is 5.02 Å². The molecule has 2 aromatic carbocycles. The van der Waals surface area contributed by atoms with Crippen LogP contribution in [-0.2, 0) is 0 Å². The molecule has 98 valence electrons. The molecule has 0 aliphatic heterocycles. The summed E-state index contributed by atoms with van der Waals surface area (Å²) in [5, 5.41) is 0.278. The third-order valence-corrected chi connectivity index (χ3v) is 3.39. The number of carbonyl (C=O) groups excluding carboxylic acids is 1. The Morgan fingerprint density at radius 2 is 2.00 bits per heavy atom. The molecule has 0 spiro atoms. The van der Waals surface area contributed by atoms with Gasteiger partial charge in [0.25, 0.3) is 5.91 Å². The van der Waals surface area contributed by atoms with Crippen LogP contribution in [0.4, 0.5) is 0 Å². The van der Waals surface area contributed by atoms with Crippen molar-refractivity contribution in [3.05, 3.63) is 57.0 Å². The summed E-state index contributed by atoms with van der Waals surface area (Å²) in [6, 6.07) is 10.6. The van der Waals surface area contributed by atoms with Gasteiger partial charge in [-0.2, -0.15) is 0 Å². The van der Waals surface area contributed by atoms with Crippen LogP contribution >= 0.6 is 27.5 Å². The van der Waals surface area contributed by atoms with Gasteiger partial charge in [-0.05, 0) is 42.8 Å². The molecule has 0 heterocycles. The monoisotopic (exact) mass is 339 g/mol. The van der Waals surface area contributed by atoms with Crippen LogP contribution in [0.3, 0.4) is 0 Å². The van der Waals surface area contributed by atoms with Crippen LogP contribution in [0.25, 0.3) is 0 Å². The van der Waals surface area contributed by atoms with Crippen LogP contribution < -0.4 is 10.5 Å². The van der Waals surface area contributed by atoms with Crippen molar-refractivity contribution in [3.8, 4) is 11.5 Å². The fourth-order valence-corrected chi connectivity index (χ4v) is 2.41. The van der Waals surface area contributed by atoms with Crippen LogP contribution in [0.1, 0.15) is 15.9 Å². The molecule has 0 fully saturated rings. The fourth-order valence-electron chi connectivity index (χ4n) is 1.67. The molecule has 2 N–H and O–H groups in total. The van der Waals surface area contributed by atoms with E-state index in [9.17, 15) is 4.79 Å². The maximum absolute atomic E-state index is 11.4. The average molecular weight is 341 g/mol. The first-order chi connectivity index (χ1) is 8.99. The summed E-state index contributed by atoms with van der Waals surface area (Å²) in [5.74, 6) is 0.383. The molecule has 0 saturated heterocycles. The van der Waals surface area contributed by atoms with Gasteiger partial charge < -0.3 is 10.5 Å². The number of carbonyl (C=O) groups is 1. The Morgan fingerprint density at radius 1 is 1.26 bits per heavy atom. The summed E-state index contributed by atoms with van der Waals surface area (Å²) in [6.45, 7) is 1.91. The van der Waals surface area contributed by atoms with Gasteiger partial charge in [-0.15, -0.1) is 0 Å².